The standard InChI is InChI=1S/C12H14O3S/c1-15-11-5-4-10(8-12(13)14)9(7-11)3-2-6-16/h2-5,7,16H,6,8H2,1H3,(H,13,14). The molecule has 1 aromatic carbocycles. The number of thiol groups is 1. The number of carboxylic acid groups (broad SMARTS) is 1. The first-order chi connectivity index (χ1) is 7.67. The van der Waals surface area contributed by atoms with Crippen molar-refractivity contribution in [2.24, 2.45) is 0 Å². The number of rotatable bonds is 5. The number of ether oxygens (including phenoxy) is 1. The fourth-order valence-electron chi connectivity index (χ4n) is 1.36. The second-order valence-corrected chi connectivity index (χ2v) is 3.59. The molecular formula is C12H14O3S. The highest BCUT2D eigenvalue weighted by Gasteiger charge is 2.06. The Bertz CT molecular complexity index is 399. The lowest BCUT2D eigenvalue weighted by Gasteiger charge is -2.06. The molecule has 0 heterocycles. The van der Waals surface area contributed by atoms with E-state index in [1.807, 2.05) is 18.2 Å². The Hall–Kier alpha value is -1.42. The minimum atomic E-state index is -0.842. The Morgan fingerprint density at radius 2 is 2.31 bits per heavy atom. The van der Waals surface area contributed by atoms with Crippen LogP contribution >= 0.6 is 12.6 Å². The van der Waals surface area contributed by atoms with Crippen molar-refractivity contribution < 1.29 is 14.6 Å². The Morgan fingerprint density at radius 1 is 1.56 bits per heavy atom. The summed E-state index contributed by atoms with van der Waals surface area (Å²) in [5, 5.41) is 8.77. The molecular weight excluding hydrogens is 224 g/mol. The zero-order chi connectivity index (χ0) is 12.0. The van der Waals surface area contributed by atoms with E-state index in [9.17, 15) is 4.79 Å². The summed E-state index contributed by atoms with van der Waals surface area (Å²) in [6.07, 6.45) is 3.73. The van der Waals surface area contributed by atoms with Crippen molar-refractivity contribution in [2.75, 3.05) is 12.9 Å². The molecule has 0 saturated carbocycles. The van der Waals surface area contributed by atoms with Gasteiger partial charge in [-0.1, -0.05) is 18.2 Å². The summed E-state index contributed by atoms with van der Waals surface area (Å²) in [5.41, 5.74) is 1.63. The summed E-state index contributed by atoms with van der Waals surface area (Å²) in [4.78, 5) is 10.7. The van der Waals surface area contributed by atoms with Crippen LogP contribution in [0.2, 0.25) is 0 Å². The third-order valence-electron chi connectivity index (χ3n) is 2.10. The quantitative estimate of drug-likeness (QED) is 0.773. The van der Waals surface area contributed by atoms with E-state index in [4.69, 9.17) is 9.84 Å². The van der Waals surface area contributed by atoms with Gasteiger partial charge in [-0.25, -0.2) is 0 Å². The smallest absolute Gasteiger partial charge is 0.307 e. The van der Waals surface area contributed by atoms with Gasteiger partial charge in [0.05, 0.1) is 13.5 Å². The monoisotopic (exact) mass is 238 g/mol. The van der Waals surface area contributed by atoms with Crippen LogP contribution in [0.15, 0.2) is 24.3 Å². The molecule has 0 aliphatic rings. The molecule has 0 bridgehead atoms. The molecule has 0 aliphatic carbocycles. The summed E-state index contributed by atoms with van der Waals surface area (Å²) in [7, 11) is 1.58. The maximum Gasteiger partial charge on any atom is 0.307 e. The Kier molecular flexibility index (Phi) is 4.92. The van der Waals surface area contributed by atoms with Gasteiger partial charge >= 0.3 is 5.97 Å². The van der Waals surface area contributed by atoms with Gasteiger partial charge in [0.15, 0.2) is 0 Å². The first-order valence-electron chi connectivity index (χ1n) is 4.83. The third kappa shape index (κ3) is 3.62. The topological polar surface area (TPSA) is 46.5 Å². The Balaban J connectivity index is 3.05. The van der Waals surface area contributed by atoms with Gasteiger partial charge in [0, 0.05) is 5.75 Å². The molecule has 0 atom stereocenters. The van der Waals surface area contributed by atoms with E-state index >= 15 is 0 Å². The Morgan fingerprint density at radius 3 is 2.88 bits per heavy atom. The van der Waals surface area contributed by atoms with Crippen molar-refractivity contribution in [2.45, 2.75) is 6.42 Å². The van der Waals surface area contributed by atoms with Crippen LogP contribution in [-0.4, -0.2) is 23.9 Å². The molecule has 1 N–H and O–H groups in total. The first-order valence-corrected chi connectivity index (χ1v) is 5.46. The molecule has 16 heavy (non-hydrogen) atoms. The maximum absolute atomic E-state index is 10.7. The normalized spacial score (nSPS) is 10.6. The van der Waals surface area contributed by atoms with Crippen molar-refractivity contribution in [3.05, 3.63) is 35.4 Å². The van der Waals surface area contributed by atoms with Crippen molar-refractivity contribution in [3.8, 4) is 5.75 Å². The lowest BCUT2D eigenvalue weighted by Crippen LogP contribution is -2.02. The van der Waals surface area contributed by atoms with Gasteiger partial charge in [0.2, 0.25) is 0 Å². The van der Waals surface area contributed by atoms with Crippen LogP contribution in [0.25, 0.3) is 6.08 Å². The van der Waals surface area contributed by atoms with Crippen LogP contribution in [0, 0.1) is 0 Å². The second-order valence-electron chi connectivity index (χ2n) is 3.22. The molecule has 0 saturated heterocycles. The van der Waals surface area contributed by atoms with Gasteiger partial charge in [0.25, 0.3) is 0 Å². The molecule has 86 valence electrons. The molecule has 0 aliphatic heterocycles. The van der Waals surface area contributed by atoms with Crippen LogP contribution in [-0.2, 0) is 11.2 Å². The zero-order valence-electron chi connectivity index (χ0n) is 9.01. The van der Waals surface area contributed by atoms with Crippen LogP contribution < -0.4 is 4.74 Å². The van der Waals surface area contributed by atoms with Crippen LogP contribution in [0.4, 0.5) is 0 Å². The molecule has 0 fully saturated rings. The van der Waals surface area contributed by atoms with Crippen LogP contribution in [0.3, 0.4) is 0 Å². The largest absolute Gasteiger partial charge is 0.497 e. The first kappa shape index (κ1) is 12.6. The highest BCUT2D eigenvalue weighted by atomic mass is 32.1. The minimum Gasteiger partial charge on any atom is -0.497 e. The van der Waals surface area contributed by atoms with Gasteiger partial charge in [0.1, 0.15) is 5.75 Å². The number of carboxylic acids is 1. The Labute approximate surface area is 100 Å². The van der Waals surface area contributed by atoms with Crippen LogP contribution in [0.5, 0.6) is 5.75 Å². The predicted molar refractivity (Wildman–Crippen MR) is 67.2 cm³/mol. The molecule has 4 heteroatoms. The average Bonchev–Trinajstić information content (AvgIpc) is 2.27. The summed E-state index contributed by atoms with van der Waals surface area (Å²) in [5.74, 6) is 0.489. The number of carbonyl (C=O) groups is 1. The molecule has 0 amide bonds. The van der Waals surface area contributed by atoms with Crippen LogP contribution in [0.1, 0.15) is 11.1 Å². The summed E-state index contributed by atoms with van der Waals surface area (Å²) < 4.78 is 5.09. The lowest BCUT2D eigenvalue weighted by molar-refractivity contribution is -0.136. The number of benzene rings is 1. The predicted octanol–water partition coefficient (Wildman–Crippen LogP) is 2.27. The maximum atomic E-state index is 10.7. The highest BCUT2D eigenvalue weighted by molar-refractivity contribution is 7.80. The molecule has 0 aromatic heterocycles. The fraction of sp³-hybridized carbons (Fsp3) is 0.250. The molecule has 0 unspecified atom stereocenters. The van der Waals surface area contributed by atoms with Gasteiger partial charge in [-0.2, -0.15) is 12.6 Å². The second kappa shape index (κ2) is 6.23. The third-order valence-corrected chi connectivity index (χ3v) is 2.31. The lowest BCUT2D eigenvalue weighted by atomic mass is 10.0. The molecule has 0 spiro atoms. The van der Waals surface area contributed by atoms with E-state index in [1.165, 1.54) is 0 Å². The number of methoxy groups -OCH3 is 1. The van der Waals surface area contributed by atoms with Crippen molar-refractivity contribution in [1.82, 2.24) is 0 Å². The van der Waals surface area contributed by atoms with Crippen molar-refractivity contribution in [1.29, 1.82) is 0 Å². The zero-order valence-corrected chi connectivity index (χ0v) is 9.91. The van der Waals surface area contributed by atoms with Crippen molar-refractivity contribution >= 4 is 24.7 Å². The van der Waals surface area contributed by atoms with E-state index < -0.39 is 5.97 Å². The van der Waals surface area contributed by atoms with Gasteiger partial charge in [-0.05, 0) is 23.3 Å². The summed E-state index contributed by atoms with van der Waals surface area (Å²) in [6, 6.07) is 5.35. The molecule has 0 radical (unpaired) electrons. The SMILES string of the molecule is COc1ccc(CC(=O)O)c(C=CCS)c1. The number of hydrogen-bond donors (Lipinski definition) is 2. The van der Waals surface area contributed by atoms with E-state index in [-0.39, 0.29) is 6.42 Å². The minimum absolute atomic E-state index is 0.0102. The highest BCUT2D eigenvalue weighted by Crippen LogP contribution is 2.19. The van der Waals surface area contributed by atoms with E-state index in [0.29, 0.717) is 11.5 Å². The average molecular weight is 238 g/mol. The fourth-order valence-corrected chi connectivity index (χ4v) is 1.46. The molecule has 1 aromatic rings. The molecule has 1 rings (SSSR count). The summed E-state index contributed by atoms with van der Waals surface area (Å²) >= 11 is 4.07. The number of hydrogen-bond acceptors (Lipinski definition) is 3. The van der Waals surface area contributed by atoms with Gasteiger partial charge < -0.3 is 9.84 Å². The number of aliphatic carboxylic acids is 1. The van der Waals surface area contributed by atoms with E-state index in [1.54, 1.807) is 19.2 Å². The van der Waals surface area contributed by atoms with E-state index in [2.05, 4.69) is 12.6 Å². The van der Waals surface area contributed by atoms with Gasteiger partial charge in [-0.15, -0.1) is 0 Å². The van der Waals surface area contributed by atoms with E-state index in [0.717, 1.165) is 11.1 Å². The van der Waals surface area contributed by atoms with Crippen molar-refractivity contribution in [3.63, 3.8) is 0 Å². The summed E-state index contributed by atoms with van der Waals surface area (Å²) in [6.45, 7) is 0. The van der Waals surface area contributed by atoms with Gasteiger partial charge in [-0.3, -0.25) is 4.79 Å². The molecule has 3 nitrogen and oxygen atoms in total.